The van der Waals surface area contributed by atoms with E-state index in [-0.39, 0.29) is 17.7 Å². The molecule has 2 amide bonds. The number of aromatic nitrogens is 2. The highest BCUT2D eigenvalue weighted by Gasteiger charge is 2.27. The lowest BCUT2D eigenvalue weighted by Crippen LogP contribution is -2.42. The zero-order valence-electron chi connectivity index (χ0n) is 21.3. The first-order valence-electron chi connectivity index (χ1n) is 12.5. The van der Waals surface area contributed by atoms with Gasteiger partial charge in [0.2, 0.25) is 5.91 Å². The third-order valence-corrected chi connectivity index (χ3v) is 7.06. The maximum Gasteiger partial charge on any atom is 0.254 e. The molecule has 2 N–H and O–H groups in total. The lowest BCUT2D eigenvalue weighted by Gasteiger charge is -2.31. The summed E-state index contributed by atoms with van der Waals surface area (Å²) in [6, 6.07) is 17.7. The smallest absolute Gasteiger partial charge is 0.254 e. The zero-order chi connectivity index (χ0) is 25.9. The van der Waals surface area contributed by atoms with E-state index in [4.69, 9.17) is 4.74 Å². The van der Waals surface area contributed by atoms with Crippen molar-refractivity contribution in [1.29, 1.82) is 0 Å². The highest BCUT2D eigenvalue weighted by molar-refractivity contribution is 5.96. The third-order valence-electron chi connectivity index (χ3n) is 7.06. The second kappa shape index (κ2) is 10.3. The molecule has 1 saturated heterocycles. The summed E-state index contributed by atoms with van der Waals surface area (Å²) in [6.45, 7) is 3.14. The number of carbonyl (C=O) groups is 2. The lowest BCUT2D eigenvalue weighted by molar-refractivity contribution is -0.125. The monoisotopic (exact) mass is 497 g/mol. The fourth-order valence-corrected chi connectivity index (χ4v) is 4.94. The minimum absolute atomic E-state index is 0.0129. The Kier molecular flexibility index (Phi) is 6.81. The Labute approximate surface area is 216 Å². The summed E-state index contributed by atoms with van der Waals surface area (Å²) in [5.74, 6) is 0.865. The molecule has 0 radical (unpaired) electrons. The van der Waals surface area contributed by atoms with Crippen LogP contribution in [-0.2, 0) is 4.79 Å². The van der Waals surface area contributed by atoms with Crippen molar-refractivity contribution < 1.29 is 14.3 Å². The van der Waals surface area contributed by atoms with Gasteiger partial charge in [0, 0.05) is 49.1 Å². The van der Waals surface area contributed by atoms with Gasteiger partial charge >= 0.3 is 0 Å². The molecule has 0 spiro atoms. The Balaban J connectivity index is 1.33. The van der Waals surface area contributed by atoms with Gasteiger partial charge in [0.15, 0.2) is 5.65 Å². The van der Waals surface area contributed by atoms with E-state index < -0.39 is 0 Å². The van der Waals surface area contributed by atoms with Gasteiger partial charge in [-0.25, -0.2) is 4.98 Å². The number of methoxy groups -OCH3 is 1. The number of ether oxygens (including phenoxy) is 1. The molecular formula is C29H31N5O3. The highest BCUT2D eigenvalue weighted by atomic mass is 16.5. The summed E-state index contributed by atoms with van der Waals surface area (Å²) in [5, 5.41) is 6.18. The number of nitrogens with one attached hydrogen (secondary N) is 2. The number of benzene rings is 2. The fourth-order valence-electron chi connectivity index (χ4n) is 4.94. The third kappa shape index (κ3) is 4.87. The van der Waals surface area contributed by atoms with Crippen molar-refractivity contribution in [3.8, 4) is 17.0 Å². The molecule has 2 aromatic carbocycles. The SMILES string of the molecule is CNC(=O)C1CCN(C(=O)c2ccc(Nc3cccn4c(-c5ccc(OC)cc5)cnc34)cc2C)CC1. The topological polar surface area (TPSA) is 88.0 Å². The number of nitrogens with zero attached hydrogens (tertiary/aromatic N) is 3. The summed E-state index contributed by atoms with van der Waals surface area (Å²) < 4.78 is 7.33. The molecule has 3 heterocycles. The van der Waals surface area contributed by atoms with Gasteiger partial charge in [-0.05, 0) is 79.9 Å². The van der Waals surface area contributed by atoms with Crippen LogP contribution in [0.2, 0.25) is 0 Å². The molecule has 0 atom stereocenters. The minimum Gasteiger partial charge on any atom is -0.497 e. The Morgan fingerprint density at radius 3 is 2.49 bits per heavy atom. The minimum atomic E-state index is -0.0164. The summed E-state index contributed by atoms with van der Waals surface area (Å²) in [7, 11) is 3.31. The maximum atomic E-state index is 13.2. The van der Waals surface area contributed by atoms with Crippen molar-refractivity contribution in [3.05, 3.63) is 78.1 Å². The van der Waals surface area contributed by atoms with Crippen molar-refractivity contribution in [2.75, 3.05) is 32.6 Å². The zero-order valence-corrected chi connectivity index (χ0v) is 21.3. The van der Waals surface area contributed by atoms with E-state index in [1.807, 2.05) is 78.8 Å². The van der Waals surface area contributed by atoms with E-state index in [1.165, 1.54) is 0 Å². The summed E-state index contributed by atoms with van der Waals surface area (Å²) in [6.07, 6.45) is 5.24. The van der Waals surface area contributed by atoms with Crippen molar-refractivity contribution in [2.45, 2.75) is 19.8 Å². The molecule has 8 heteroatoms. The number of likely N-dealkylation sites (tertiary alicyclic amines) is 1. The van der Waals surface area contributed by atoms with Crippen molar-refractivity contribution in [2.24, 2.45) is 5.92 Å². The molecule has 190 valence electrons. The number of anilines is 2. The molecule has 4 aromatic rings. The van der Waals surface area contributed by atoms with Crippen LogP contribution >= 0.6 is 0 Å². The second-order valence-corrected chi connectivity index (χ2v) is 9.32. The molecule has 0 bridgehead atoms. The number of piperidine rings is 1. The van der Waals surface area contributed by atoms with Crippen LogP contribution in [0, 0.1) is 12.8 Å². The standard InChI is InChI=1S/C29H31N5O3/c1-19-17-22(8-11-24(19)29(36)33-15-12-21(13-16-33)28(35)30-2)32-25-5-4-14-34-26(18-31-27(25)34)20-6-9-23(37-3)10-7-20/h4-11,14,17-18,21,32H,12-13,15-16H2,1-3H3,(H,30,35). The van der Waals surface area contributed by atoms with Gasteiger partial charge in [-0.3, -0.25) is 14.0 Å². The quantitative estimate of drug-likeness (QED) is 0.405. The number of pyridine rings is 1. The number of imidazole rings is 1. The Bertz CT molecular complexity index is 1440. The number of fused-ring (bicyclic) bond motifs is 1. The molecule has 1 aliphatic heterocycles. The number of hydrogen-bond acceptors (Lipinski definition) is 5. The predicted molar refractivity (Wildman–Crippen MR) is 144 cm³/mol. The number of hydrogen-bond donors (Lipinski definition) is 2. The summed E-state index contributed by atoms with van der Waals surface area (Å²) in [5.41, 5.74) is 6.18. The first kappa shape index (κ1) is 24.4. The van der Waals surface area contributed by atoms with Crippen LogP contribution in [0.15, 0.2) is 67.0 Å². The molecule has 37 heavy (non-hydrogen) atoms. The number of rotatable bonds is 6. The first-order chi connectivity index (χ1) is 18.0. The van der Waals surface area contributed by atoms with E-state index in [0.717, 1.165) is 39.6 Å². The molecule has 0 unspecified atom stereocenters. The number of carbonyl (C=O) groups excluding carboxylic acids is 2. The van der Waals surface area contributed by atoms with Gasteiger partial charge in [0.25, 0.3) is 5.91 Å². The van der Waals surface area contributed by atoms with E-state index in [2.05, 4.69) is 20.0 Å². The summed E-state index contributed by atoms with van der Waals surface area (Å²) in [4.78, 5) is 31.6. The van der Waals surface area contributed by atoms with Crippen LogP contribution in [0.4, 0.5) is 11.4 Å². The molecule has 1 aliphatic rings. The Morgan fingerprint density at radius 1 is 1.05 bits per heavy atom. The van der Waals surface area contributed by atoms with Crippen LogP contribution in [0.25, 0.3) is 16.9 Å². The molecule has 0 aliphatic carbocycles. The van der Waals surface area contributed by atoms with Crippen LogP contribution in [0.1, 0.15) is 28.8 Å². The molecule has 8 nitrogen and oxygen atoms in total. The van der Waals surface area contributed by atoms with Gasteiger partial charge in [0.05, 0.1) is 24.7 Å². The Morgan fingerprint density at radius 2 is 1.81 bits per heavy atom. The highest BCUT2D eigenvalue weighted by Crippen LogP contribution is 2.29. The van der Waals surface area contributed by atoms with E-state index >= 15 is 0 Å². The molecular weight excluding hydrogens is 466 g/mol. The van der Waals surface area contributed by atoms with Gasteiger partial charge in [0.1, 0.15) is 5.75 Å². The van der Waals surface area contributed by atoms with Gasteiger partial charge in [-0.15, -0.1) is 0 Å². The summed E-state index contributed by atoms with van der Waals surface area (Å²) >= 11 is 0. The van der Waals surface area contributed by atoms with Crippen LogP contribution < -0.4 is 15.4 Å². The first-order valence-corrected chi connectivity index (χ1v) is 12.5. The van der Waals surface area contributed by atoms with Crippen molar-refractivity contribution in [3.63, 3.8) is 0 Å². The molecule has 5 rings (SSSR count). The van der Waals surface area contributed by atoms with Gasteiger partial charge < -0.3 is 20.3 Å². The Hall–Kier alpha value is -4.33. The molecule has 0 saturated carbocycles. The van der Waals surface area contributed by atoms with E-state index in [0.29, 0.717) is 31.5 Å². The number of aryl methyl sites for hydroxylation is 1. The van der Waals surface area contributed by atoms with Crippen LogP contribution in [0.5, 0.6) is 5.75 Å². The number of amides is 2. The molecule has 2 aromatic heterocycles. The normalized spacial score (nSPS) is 14.0. The van der Waals surface area contributed by atoms with Crippen molar-refractivity contribution >= 4 is 28.8 Å². The van der Waals surface area contributed by atoms with Gasteiger partial charge in [-0.2, -0.15) is 0 Å². The maximum absolute atomic E-state index is 13.2. The van der Waals surface area contributed by atoms with E-state index in [1.54, 1.807) is 14.2 Å². The predicted octanol–water partition coefficient (Wildman–Crippen LogP) is 4.66. The largest absolute Gasteiger partial charge is 0.497 e. The van der Waals surface area contributed by atoms with E-state index in [9.17, 15) is 9.59 Å². The van der Waals surface area contributed by atoms with Crippen molar-refractivity contribution in [1.82, 2.24) is 19.6 Å². The average molecular weight is 498 g/mol. The fraction of sp³-hybridized carbons (Fsp3) is 0.276. The average Bonchev–Trinajstić information content (AvgIpc) is 3.38. The van der Waals surface area contributed by atoms with Crippen LogP contribution in [-0.4, -0.2) is 53.3 Å². The van der Waals surface area contributed by atoms with Crippen LogP contribution in [0.3, 0.4) is 0 Å². The lowest BCUT2D eigenvalue weighted by atomic mass is 9.95. The van der Waals surface area contributed by atoms with Gasteiger partial charge in [-0.1, -0.05) is 0 Å². The molecule has 1 fully saturated rings. The second-order valence-electron chi connectivity index (χ2n) is 9.32.